The van der Waals surface area contributed by atoms with E-state index >= 15 is 0 Å². The highest BCUT2D eigenvalue weighted by Crippen LogP contribution is 2.35. The molecule has 0 aliphatic carbocycles. The van der Waals surface area contributed by atoms with Gasteiger partial charge in [0.25, 0.3) is 5.91 Å². The second-order valence-electron chi connectivity index (χ2n) is 6.10. The van der Waals surface area contributed by atoms with E-state index in [1.807, 2.05) is 4.90 Å². The number of nitrogens with zero attached hydrogens (tertiary/aromatic N) is 2. The second-order valence-corrected chi connectivity index (χ2v) is 6.10. The van der Waals surface area contributed by atoms with Crippen molar-refractivity contribution in [2.24, 2.45) is 5.92 Å². The van der Waals surface area contributed by atoms with Gasteiger partial charge in [-0.1, -0.05) is 6.92 Å². The predicted molar refractivity (Wildman–Crippen MR) is 80.1 cm³/mol. The molecule has 0 spiro atoms. The monoisotopic (exact) mass is 314 g/mol. The van der Waals surface area contributed by atoms with Crippen LogP contribution in [0.15, 0.2) is 18.2 Å². The van der Waals surface area contributed by atoms with Gasteiger partial charge in [0, 0.05) is 27.2 Å². The zero-order valence-corrected chi connectivity index (χ0v) is 13.1. The molecule has 1 aromatic rings. The maximum Gasteiger partial charge on any atom is 0.416 e. The Morgan fingerprint density at radius 1 is 1.23 bits per heavy atom. The van der Waals surface area contributed by atoms with Crippen LogP contribution in [0.25, 0.3) is 0 Å². The molecule has 6 heteroatoms. The largest absolute Gasteiger partial charge is 0.416 e. The van der Waals surface area contributed by atoms with Crippen LogP contribution in [0.5, 0.6) is 0 Å². The number of halogens is 3. The molecule has 0 saturated carbocycles. The predicted octanol–water partition coefficient (Wildman–Crippen LogP) is 3.64. The van der Waals surface area contributed by atoms with Gasteiger partial charge in [-0.25, -0.2) is 0 Å². The summed E-state index contributed by atoms with van der Waals surface area (Å²) in [5.41, 5.74) is 0.00408. The van der Waals surface area contributed by atoms with Crippen LogP contribution >= 0.6 is 0 Å². The first kappa shape index (κ1) is 16.6. The number of piperidine rings is 1. The number of rotatable bonds is 2. The van der Waals surface area contributed by atoms with Crippen molar-refractivity contribution in [1.82, 2.24) is 4.90 Å². The smallest absolute Gasteiger partial charge is 0.371 e. The zero-order chi connectivity index (χ0) is 16.5. The fourth-order valence-electron chi connectivity index (χ4n) is 2.64. The van der Waals surface area contributed by atoms with Crippen molar-refractivity contribution in [3.05, 3.63) is 29.3 Å². The molecule has 1 amide bonds. The van der Waals surface area contributed by atoms with E-state index in [0.29, 0.717) is 30.3 Å². The van der Waals surface area contributed by atoms with Crippen molar-refractivity contribution in [1.29, 1.82) is 0 Å². The molecule has 0 atom stereocenters. The van der Waals surface area contributed by atoms with Crippen LogP contribution < -0.4 is 4.90 Å². The van der Waals surface area contributed by atoms with Crippen molar-refractivity contribution in [3.8, 4) is 0 Å². The van der Waals surface area contributed by atoms with Gasteiger partial charge in [0.2, 0.25) is 0 Å². The number of carbonyl (C=O) groups excluding carboxylic acids is 1. The van der Waals surface area contributed by atoms with Gasteiger partial charge < -0.3 is 9.80 Å². The van der Waals surface area contributed by atoms with Gasteiger partial charge in [0.05, 0.1) is 16.8 Å². The molecule has 1 aromatic carbocycles. The number of hydrogen-bond donors (Lipinski definition) is 0. The van der Waals surface area contributed by atoms with Crippen molar-refractivity contribution in [2.45, 2.75) is 25.9 Å². The SMILES string of the molecule is CC1CCN(c2cc(C(F)(F)F)ccc2C(=O)N(C)C)CC1. The lowest BCUT2D eigenvalue weighted by molar-refractivity contribution is -0.137. The lowest BCUT2D eigenvalue weighted by Gasteiger charge is -2.34. The molecular formula is C16H21F3N2O. The van der Waals surface area contributed by atoms with Crippen LogP contribution in [0.3, 0.4) is 0 Å². The van der Waals surface area contributed by atoms with Gasteiger partial charge in [-0.15, -0.1) is 0 Å². The normalized spacial score (nSPS) is 16.7. The van der Waals surface area contributed by atoms with Crippen LogP contribution in [0.4, 0.5) is 18.9 Å². The highest BCUT2D eigenvalue weighted by Gasteiger charge is 2.33. The van der Waals surface area contributed by atoms with Crippen molar-refractivity contribution < 1.29 is 18.0 Å². The summed E-state index contributed by atoms with van der Waals surface area (Å²) < 4.78 is 38.9. The van der Waals surface area contributed by atoms with Gasteiger partial charge in [-0.2, -0.15) is 13.2 Å². The van der Waals surface area contributed by atoms with Crippen LogP contribution in [0, 0.1) is 5.92 Å². The van der Waals surface area contributed by atoms with E-state index in [1.54, 1.807) is 14.1 Å². The number of amides is 1. The third-order valence-electron chi connectivity index (χ3n) is 4.09. The summed E-state index contributed by atoms with van der Waals surface area (Å²) in [6.45, 7) is 3.49. The Hall–Kier alpha value is -1.72. The van der Waals surface area contributed by atoms with E-state index in [1.165, 1.54) is 11.0 Å². The number of carbonyl (C=O) groups is 1. The minimum atomic E-state index is -4.41. The quantitative estimate of drug-likeness (QED) is 0.832. The molecule has 2 rings (SSSR count). The Balaban J connectivity index is 2.43. The van der Waals surface area contributed by atoms with Crippen LogP contribution in [-0.2, 0) is 6.18 Å². The average Bonchev–Trinajstić information content (AvgIpc) is 2.45. The zero-order valence-electron chi connectivity index (χ0n) is 13.1. The molecule has 0 unspecified atom stereocenters. The van der Waals surface area contributed by atoms with E-state index < -0.39 is 11.7 Å². The third kappa shape index (κ3) is 3.54. The lowest BCUT2D eigenvalue weighted by atomic mass is 9.97. The van der Waals surface area contributed by atoms with Gasteiger partial charge in [0.15, 0.2) is 0 Å². The molecule has 3 nitrogen and oxygen atoms in total. The summed E-state index contributed by atoms with van der Waals surface area (Å²) in [4.78, 5) is 15.5. The minimum absolute atomic E-state index is 0.276. The van der Waals surface area contributed by atoms with Crippen LogP contribution in [0.2, 0.25) is 0 Å². The topological polar surface area (TPSA) is 23.6 Å². The number of alkyl halides is 3. The van der Waals surface area contributed by atoms with E-state index in [4.69, 9.17) is 0 Å². The fourth-order valence-corrected chi connectivity index (χ4v) is 2.64. The Kier molecular flexibility index (Phi) is 4.68. The lowest BCUT2D eigenvalue weighted by Crippen LogP contribution is -2.35. The highest BCUT2D eigenvalue weighted by molar-refractivity contribution is 5.99. The van der Waals surface area contributed by atoms with E-state index in [-0.39, 0.29) is 5.91 Å². The number of benzene rings is 1. The molecule has 1 heterocycles. The first-order chi connectivity index (χ1) is 10.2. The van der Waals surface area contributed by atoms with Crippen molar-refractivity contribution in [2.75, 3.05) is 32.1 Å². The molecule has 0 radical (unpaired) electrons. The number of hydrogen-bond acceptors (Lipinski definition) is 2. The molecule has 1 saturated heterocycles. The van der Waals surface area contributed by atoms with E-state index in [9.17, 15) is 18.0 Å². The fraction of sp³-hybridized carbons (Fsp3) is 0.562. The summed E-state index contributed by atoms with van der Waals surface area (Å²) >= 11 is 0. The molecule has 1 fully saturated rings. The van der Waals surface area contributed by atoms with Gasteiger partial charge in [-0.05, 0) is 37.0 Å². The summed E-state index contributed by atoms with van der Waals surface area (Å²) in [5.74, 6) is 0.289. The summed E-state index contributed by atoms with van der Waals surface area (Å²) in [7, 11) is 3.20. The minimum Gasteiger partial charge on any atom is -0.371 e. The Bertz CT molecular complexity index is 547. The molecule has 1 aliphatic heterocycles. The Labute approximate surface area is 128 Å². The Morgan fingerprint density at radius 3 is 2.32 bits per heavy atom. The van der Waals surface area contributed by atoms with Crippen LogP contribution in [-0.4, -0.2) is 38.0 Å². The van der Waals surface area contributed by atoms with Gasteiger partial charge in [0.1, 0.15) is 0 Å². The molecule has 0 aromatic heterocycles. The molecule has 22 heavy (non-hydrogen) atoms. The first-order valence-electron chi connectivity index (χ1n) is 7.38. The van der Waals surface area contributed by atoms with Crippen molar-refractivity contribution in [3.63, 3.8) is 0 Å². The summed E-state index contributed by atoms with van der Waals surface area (Å²) in [6.07, 6.45) is -2.56. The molecule has 0 N–H and O–H groups in total. The van der Waals surface area contributed by atoms with E-state index in [0.717, 1.165) is 25.0 Å². The first-order valence-corrected chi connectivity index (χ1v) is 7.38. The molecule has 1 aliphatic rings. The molecule has 122 valence electrons. The summed E-state index contributed by atoms with van der Waals surface area (Å²) in [5, 5.41) is 0. The third-order valence-corrected chi connectivity index (χ3v) is 4.09. The highest BCUT2D eigenvalue weighted by atomic mass is 19.4. The standard InChI is InChI=1S/C16H21F3N2O/c1-11-6-8-21(9-7-11)14-10-12(16(17,18)19)4-5-13(14)15(22)20(2)3/h4-5,10-11H,6-9H2,1-3H3. The molecular weight excluding hydrogens is 293 g/mol. The average molecular weight is 314 g/mol. The van der Waals surface area contributed by atoms with Crippen molar-refractivity contribution >= 4 is 11.6 Å². The van der Waals surface area contributed by atoms with E-state index in [2.05, 4.69) is 6.92 Å². The maximum atomic E-state index is 13.0. The molecule has 0 bridgehead atoms. The van der Waals surface area contributed by atoms with Gasteiger partial charge in [-0.3, -0.25) is 4.79 Å². The van der Waals surface area contributed by atoms with Gasteiger partial charge >= 0.3 is 6.18 Å². The second kappa shape index (κ2) is 6.18. The number of anilines is 1. The Morgan fingerprint density at radius 2 is 1.82 bits per heavy atom. The maximum absolute atomic E-state index is 13.0. The van der Waals surface area contributed by atoms with Crippen LogP contribution in [0.1, 0.15) is 35.7 Å². The summed E-state index contributed by atoms with van der Waals surface area (Å²) in [6, 6.07) is 3.37.